The Labute approximate surface area is 199 Å². The van der Waals surface area contributed by atoms with Gasteiger partial charge in [-0.3, -0.25) is 14.5 Å². The molecule has 1 aromatic rings. The van der Waals surface area contributed by atoms with Crippen molar-refractivity contribution in [2.45, 2.75) is 108 Å². The van der Waals surface area contributed by atoms with Crippen LogP contribution in [0.3, 0.4) is 0 Å². The molecule has 3 aliphatic rings. The monoisotopic (exact) mass is 455 g/mol. The SMILES string of the molecule is COC(=O)CNc1ccccc1N(C(C)=O)[C@H]1C[C@H]2CCC[C@@H](C1)N2C1CCCCCCC1. The maximum absolute atomic E-state index is 13.0. The highest BCUT2D eigenvalue weighted by Crippen LogP contribution is 2.41. The first-order valence-electron chi connectivity index (χ1n) is 13.1. The Morgan fingerprint density at radius 3 is 2.18 bits per heavy atom. The van der Waals surface area contributed by atoms with Crippen molar-refractivity contribution in [2.75, 3.05) is 23.9 Å². The number of para-hydroxylation sites is 2. The molecule has 6 nitrogen and oxygen atoms in total. The summed E-state index contributed by atoms with van der Waals surface area (Å²) in [5.74, 6) is -0.244. The maximum Gasteiger partial charge on any atom is 0.325 e. The molecule has 182 valence electrons. The number of nitrogens with one attached hydrogen (secondary N) is 1. The third-order valence-electron chi connectivity index (χ3n) is 8.02. The highest BCUT2D eigenvalue weighted by molar-refractivity contribution is 5.96. The Bertz CT molecular complexity index is 792. The van der Waals surface area contributed by atoms with E-state index in [1.54, 1.807) is 6.92 Å². The number of hydrogen-bond donors (Lipinski definition) is 1. The molecule has 1 aliphatic carbocycles. The van der Waals surface area contributed by atoms with Gasteiger partial charge in [0.15, 0.2) is 0 Å². The first-order valence-corrected chi connectivity index (χ1v) is 13.1. The van der Waals surface area contributed by atoms with Gasteiger partial charge in [-0.1, -0.05) is 50.7 Å². The van der Waals surface area contributed by atoms with Gasteiger partial charge in [-0.15, -0.1) is 0 Å². The van der Waals surface area contributed by atoms with Crippen LogP contribution >= 0.6 is 0 Å². The summed E-state index contributed by atoms with van der Waals surface area (Å²) in [6, 6.07) is 9.92. The van der Waals surface area contributed by atoms with Crippen LogP contribution in [-0.4, -0.2) is 54.6 Å². The Kier molecular flexibility index (Phi) is 8.29. The molecule has 1 amide bonds. The predicted octanol–water partition coefficient (Wildman–Crippen LogP) is 5.12. The van der Waals surface area contributed by atoms with Crippen LogP contribution in [0.2, 0.25) is 0 Å². The molecule has 4 rings (SSSR count). The van der Waals surface area contributed by atoms with Crippen molar-refractivity contribution >= 4 is 23.3 Å². The van der Waals surface area contributed by atoms with E-state index in [-0.39, 0.29) is 24.5 Å². The number of amides is 1. The van der Waals surface area contributed by atoms with E-state index in [1.807, 2.05) is 29.2 Å². The Hall–Kier alpha value is -2.08. The van der Waals surface area contributed by atoms with E-state index in [9.17, 15) is 9.59 Å². The summed E-state index contributed by atoms with van der Waals surface area (Å²) in [5.41, 5.74) is 1.68. The zero-order chi connectivity index (χ0) is 23.2. The van der Waals surface area contributed by atoms with E-state index in [2.05, 4.69) is 10.2 Å². The molecule has 2 bridgehead atoms. The minimum Gasteiger partial charge on any atom is -0.468 e. The number of benzene rings is 1. The first-order chi connectivity index (χ1) is 16.1. The van der Waals surface area contributed by atoms with Gasteiger partial charge in [0.05, 0.1) is 18.5 Å². The van der Waals surface area contributed by atoms with Crippen LogP contribution in [0, 0.1) is 0 Å². The van der Waals surface area contributed by atoms with Gasteiger partial charge in [0.25, 0.3) is 0 Å². The minimum absolute atomic E-state index is 0.0739. The average molecular weight is 456 g/mol. The molecule has 3 fully saturated rings. The van der Waals surface area contributed by atoms with Gasteiger partial charge < -0.3 is 15.0 Å². The van der Waals surface area contributed by atoms with Crippen molar-refractivity contribution in [1.29, 1.82) is 0 Å². The number of esters is 1. The number of fused-ring (bicyclic) bond motifs is 2. The predicted molar refractivity (Wildman–Crippen MR) is 133 cm³/mol. The highest BCUT2D eigenvalue weighted by Gasteiger charge is 2.43. The van der Waals surface area contributed by atoms with Gasteiger partial charge in [0.2, 0.25) is 5.91 Å². The maximum atomic E-state index is 13.0. The molecular weight excluding hydrogens is 414 g/mol. The number of carbonyl (C=O) groups is 2. The number of anilines is 2. The number of piperidine rings is 2. The molecule has 3 atom stereocenters. The van der Waals surface area contributed by atoms with Crippen LogP contribution in [0.1, 0.15) is 84.0 Å². The van der Waals surface area contributed by atoms with E-state index in [4.69, 9.17) is 4.74 Å². The fourth-order valence-electron chi connectivity index (χ4n) is 6.62. The van der Waals surface area contributed by atoms with Crippen molar-refractivity contribution in [3.05, 3.63) is 24.3 Å². The quantitative estimate of drug-likeness (QED) is 0.603. The van der Waals surface area contributed by atoms with Crippen molar-refractivity contribution in [1.82, 2.24) is 4.90 Å². The van der Waals surface area contributed by atoms with E-state index in [1.165, 1.54) is 71.3 Å². The van der Waals surface area contributed by atoms with E-state index in [0.717, 1.165) is 30.3 Å². The van der Waals surface area contributed by atoms with E-state index < -0.39 is 0 Å². The zero-order valence-corrected chi connectivity index (χ0v) is 20.4. The molecule has 0 spiro atoms. The average Bonchev–Trinajstić information content (AvgIpc) is 2.77. The van der Waals surface area contributed by atoms with Crippen LogP contribution in [0.5, 0.6) is 0 Å². The second-order valence-corrected chi connectivity index (χ2v) is 10.1. The van der Waals surface area contributed by atoms with Gasteiger partial charge in [-0.05, 0) is 50.7 Å². The van der Waals surface area contributed by atoms with Gasteiger partial charge in [-0.2, -0.15) is 0 Å². The highest BCUT2D eigenvalue weighted by atomic mass is 16.5. The number of carbonyl (C=O) groups excluding carboxylic acids is 2. The number of hydrogen-bond acceptors (Lipinski definition) is 5. The number of ether oxygens (including phenoxy) is 1. The summed E-state index contributed by atoms with van der Waals surface area (Å²) in [5, 5.41) is 3.18. The molecule has 0 unspecified atom stereocenters. The Morgan fingerprint density at radius 1 is 0.939 bits per heavy atom. The third kappa shape index (κ3) is 5.71. The largest absolute Gasteiger partial charge is 0.468 e. The summed E-state index contributed by atoms with van der Waals surface area (Å²) in [7, 11) is 1.39. The molecule has 2 saturated heterocycles. The van der Waals surface area contributed by atoms with Crippen LogP contribution in [-0.2, 0) is 14.3 Å². The number of nitrogens with zero attached hydrogens (tertiary/aromatic N) is 2. The van der Waals surface area contributed by atoms with Crippen LogP contribution < -0.4 is 10.2 Å². The standard InChI is InChI=1S/C27H41N3O3/c1-20(31)29(26-16-9-8-15-25(26)28-19-27(32)33-2)24-17-22-13-10-14-23(18-24)30(22)21-11-6-4-3-5-7-12-21/h8-9,15-16,21-24,28H,3-7,10-14,17-19H2,1-2H3/t22-,23+,24+. The van der Waals surface area contributed by atoms with E-state index >= 15 is 0 Å². The zero-order valence-electron chi connectivity index (χ0n) is 20.4. The molecule has 2 heterocycles. The summed E-state index contributed by atoms with van der Waals surface area (Å²) in [6.07, 6.45) is 15.5. The molecule has 1 N–H and O–H groups in total. The number of methoxy groups -OCH3 is 1. The second-order valence-electron chi connectivity index (χ2n) is 10.1. The summed E-state index contributed by atoms with van der Waals surface area (Å²) >= 11 is 0. The summed E-state index contributed by atoms with van der Waals surface area (Å²) in [6.45, 7) is 1.76. The van der Waals surface area contributed by atoms with Gasteiger partial charge in [0.1, 0.15) is 6.54 Å². The van der Waals surface area contributed by atoms with Crippen molar-refractivity contribution < 1.29 is 14.3 Å². The van der Waals surface area contributed by atoms with E-state index in [0.29, 0.717) is 12.1 Å². The molecular formula is C27H41N3O3. The molecule has 1 saturated carbocycles. The molecule has 0 aromatic heterocycles. The fourth-order valence-corrected chi connectivity index (χ4v) is 6.62. The normalized spacial score (nSPS) is 26.7. The minimum atomic E-state index is -0.318. The molecule has 2 aliphatic heterocycles. The molecule has 1 aromatic carbocycles. The summed E-state index contributed by atoms with van der Waals surface area (Å²) in [4.78, 5) is 29.6. The van der Waals surface area contributed by atoms with Crippen LogP contribution in [0.4, 0.5) is 11.4 Å². The topological polar surface area (TPSA) is 61.9 Å². The molecule has 6 heteroatoms. The third-order valence-corrected chi connectivity index (χ3v) is 8.02. The fraction of sp³-hybridized carbons (Fsp3) is 0.704. The van der Waals surface area contributed by atoms with Crippen molar-refractivity contribution in [2.24, 2.45) is 0 Å². The van der Waals surface area contributed by atoms with Crippen molar-refractivity contribution in [3.8, 4) is 0 Å². The lowest BCUT2D eigenvalue weighted by molar-refractivity contribution is -0.138. The molecule has 0 radical (unpaired) electrons. The Morgan fingerprint density at radius 2 is 1.55 bits per heavy atom. The lowest BCUT2D eigenvalue weighted by Gasteiger charge is -2.54. The van der Waals surface area contributed by atoms with Gasteiger partial charge in [-0.25, -0.2) is 0 Å². The lowest BCUT2D eigenvalue weighted by Crippen LogP contribution is -2.60. The van der Waals surface area contributed by atoms with Gasteiger partial charge in [0, 0.05) is 31.1 Å². The first kappa shape index (κ1) is 24.1. The van der Waals surface area contributed by atoms with Crippen LogP contribution in [0.25, 0.3) is 0 Å². The smallest absolute Gasteiger partial charge is 0.325 e. The van der Waals surface area contributed by atoms with Gasteiger partial charge >= 0.3 is 5.97 Å². The molecule has 33 heavy (non-hydrogen) atoms. The van der Waals surface area contributed by atoms with Crippen molar-refractivity contribution in [3.63, 3.8) is 0 Å². The number of rotatable bonds is 6. The summed E-state index contributed by atoms with van der Waals surface area (Å²) < 4.78 is 4.78. The Balaban J connectivity index is 1.54. The van der Waals surface area contributed by atoms with Crippen LogP contribution in [0.15, 0.2) is 24.3 Å². The second kappa shape index (κ2) is 11.4. The lowest BCUT2D eigenvalue weighted by atomic mass is 9.78.